The van der Waals surface area contributed by atoms with E-state index in [-0.39, 0.29) is 11.8 Å². The fourth-order valence-corrected chi connectivity index (χ4v) is 2.70. The number of nitrogens with zero attached hydrogens (tertiary/aromatic N) is 2. The third-order valence-electron chi connectivity index (χ3n) is 4.20. The van der Waals surface area contributed by atoms with Gasteiger partial charge in [0.15, 0.2) is 0 Å². The van der Waals surface area contributed by atoms with Crippen LogP contribution in [0.1, 0.15) is 39.3 Å². The van der Waals surface area contributed by atoms with Gasteiger partial charge < -0.3 is 5.32 Å². The fraction of sp³-hybridized carbons (Fsp3) is 0.533. The predicted molar refractivity (Wildman–Crippen MR) is 77.4 cm³/mol. The minimum atomic E-state index is -0.800. The minimum absolute atomic E-state index is 0.0503. The van der Waals surface area contributed by atoms with Crippen LogP contribution < -0.4 is 10.2 Å². The molecule has 0 bridgehead atoms. The second-order valence-electron chi connectivity index (χ2n) is 5.24. The smallest absolute Gasteiger partial charge is 0.253 e. The number of carbonyl (C=O) groups is 2. The Bertz CT molecular complexity index is 538. The highest BCUT2D eigenvalue weighted by Crippen LogP contribution is 2.30. The maximum Gasteiger partial charge on any atom is 0.253 e. The largest absolute Gasteiger partial charge is 0.340 e. The Hall–Kier alpha value is -1.91. The highest BCUT2D eigenvalue weighted by Gasteiger charge is 2.48. The van der Waals surface area contributed by atoms with Gasteiger partial charge in [-0.05, 0) is 38.8 Å². The lowest BCUT2D eigenvalue weighted by Crippen LogP contribution is -2.69. The molecule has 1 saturated heterocycles. The average Bonchev–Trinajstić information content (AvgIpc) is 2.45. The van der Waals surface area contributed by atoms with Crippen LogP contribution in [0.2, 0.25) is 0 Å². The topological polar surface area (TPSA) is 62.3 Å². The monoisotopic (exact) mass is 275 g/mol. The number of aromatic nitrogens is 1. The summed E-state index contributed by atoms with van der Waals surface area (Å²) in [6, 6.07) is 3.11. The molecule has 0 aliphatic carbocycles. The van der Waals surface area contributed by atoms with Crippen LogP contribution in [-0.2, 0) is 9.59 Å². The van der Waals surface area contributed by atoms with Gasteiger partial charge in [-0.1, -0.05) is 13.8 Å². The van der Waals surface area contributed by atoms with E-state index < -0.39 is 11.6 Å². The number of amides is 2. The first-order chi connectivity index (χ1) is 9.46. The van der Waals surface area contributed by atoms with Gasteiger partial charge in [0.1, 0.15) is 11.6 Å². The third-order valence-corrected chi connectivity index (χ3v) is 4.20. The van der Waals surface area contributed by atoms with E-state index in [0.29, 0.717) is 18.5 Å². The molecular weight excluding hydrogens is 254 g/mol. The van der Waals surface area contributed by atoms with Gasteiger partial charge >= 0.3 is 0 Å². The maximum atomic E-state index is 12.9. The summed E-state index contributed by atoms with van der Waals surface area (Å²) in [4.78, 5) is 31.0. The number of anilines is 1. The molecule has 2 amide bonds. The van der Waals surface area contributed by atoms with Gasteiger partial charge in [0, 0.05) is 6.20 Å². The Morgan fingerprint density at radius 1 is 1.35 bits per heavy atom. The lowest BCUT2D eigenvalue weighted by Gasteiger charge is -2.44. The number of rotatable bonds is 3. The summed E-state index contributed by atoms with van der Waals surface area (Å²) in [5.74, 6) is -0.165. The van der Waals surface area contributed by atoms with Crippen LogP contribution in [-0.4, -0.2) is 28.4 Å². The Labute approximate surface area is 119 Å². The van der Waals surface area contributed by atoms with Crippen LogP contribution in [0.5, 0.6) is 0 Å². The second kappa shape index (κ2) is 5.23. The fourth-order valence-electron chi connectivity index (χ4n) is 2.70. The molecular formula is C15H21N3O2. The van der Waals surface area contributed by atoms with Crippen LogP contribution in [0.15, 0.2) is 18.3 Å². The first-order valence-corrected chi connectivity index (χ1v) is 7.04. The van der Waals surface area contributed by atoms with Crippen molar-refractivity contribution in [2.45, 2.75) is 52.1 Å². The van der Waals surface area contributed by atoms with E-state index in [1.165, 1.54) is 0 Å². The number of nitrogens with one attached hydrogen (secondary N) is 1. The summed E-state index contributed by atoms with van der Waals surface area (Å²) < 4.78 is 0. The maximum absolute atomic E-state index is 12.9. The van der Waals surface area contributed by atoms with Crippen molar-refractivity contribution in [3.05, 3.63) is 24.0 Å². The summed E-state index contributed by atoms with van der Waals surface area (Å²) in [5, 5.41) is 2.90. The van der Waals surface area contributed by atoms with E-state index in [1.54, 1.807) is 24.1 Å². The summed E-state index contributed by atoms with van der Waals surface area (Å²) >= 11 is 0. The van der Waals surface area contributed by atoms with Crippen LogP contribution in [0.25, 0.3) is 0 Å². The second-order valence-corrected chi connectivity index (χ2v) is 5.24. The lowest BCUT2D eigenvalue weighted by molar-refractivity contribution is -0.138. The molecule has 20 heavy (non-hydrogen) atoms. The van der Waals surface area contributed by atoms with E-state index >= 15 is 0 Å². The number of hydrogen-bond donors (Lipinski definition) is 1. The minimum Gasteiger partial charge on any atom is -0.340 e. The lowest BCUT2D eigenvalue weighted by atomic mass is 9.87. The van der Waals surface area contributed by atoms with E-state index in [4.69, 9.17) is 0 Å². The number of aryl methyl sites for hydroxylation is 1. The molecule has 0 saturated carbocycles. The van der Waals surface area contributed by atoms with Crippen molar-refractivity contribution in [2.24, 2.45) is 0 Å². The van der Waals surface area contributed by atoms with Gasteiger partial charge in [-0.3, -0.25) is 19.5 Å². The molecule has 108 valence electrons. The van der Waals surface area contributed by atoms with E-state index in [9.17, 15) is 9.59 Å². The molecule has 1 aliphatic rings. The van der Waals surface area contributed by atoms with Gasteiger partial charge in [-0.15, -0.1) is 0 Å². The van der Waals surface area contributed by atoms with Crippen LogP contribution in [0, 0.1) is 6.92 Å². The van der Waals surface area contributed by atoms with E-state index in [0.717, 1.165) is 5.69 Å². The van der Waals surface area contributed by atoms with Crippen molar-refractivity contribution in [3.63, 3.8) is 0 Å². The molecule has 1 atom stereocenters. The van der Waals surface area contributed by atoms with Crippen LogP contribution in [0.3, 0.4) is 0 Å². The zero-order chi connectivity index (χ0) is 14.9. The number of piperazine rings is 1. The Balaban J connectivity index is 2.52. The average molecular weight is 275 g/mol. The zero-order valence-electron chi connectivity index (χ0n) is 12.4. The standard InChI is InChI=1S/C15H21N3O2/c1-5-15(6-2)14(20)18(11(4)13(19)17-15)12-8-7-9-16-10(12)3/h7-9,11H,5-6H2,1-4H3,(H,17,19). The molecule has 1 aromatic heterocycles. The van der Waals surface area contributed by atoms with Crippen molar-refractivity contribution in [3.8, 4) is 0 Å². The number of hydrogen-bond acceptors (Lipinski definition) is 3. The highest BCUT2D eigenvalue weighted by atomic mass is 16.2. The Morgan fingerprint density at radius 2 is 2.00 bits per heavy atom. The molecule has 1 N–H and O–H groups in total. The number of carbonyl (C=O) groups excluding carboxylic acids is 2. The summed E-state index contributed by atoms with van der Waals surface area (Å²) in [5.41, 5.74) is 0.668. The molecule has 5 nitrogen and oxygen atoms in total. The summed E-state index contributed by atoms with van der Waals surface area (Å²) in [7, 11) is 0. The Morgan fingerprint density at radius 3 is 2.55 bits per heavy atom. The molecule has 1 aliphatic heterocycles. The predicted octanol–water partition coefficient (Wildman–Crippen LogP) is 1.80. The van der Waals surface area contributed by atoms with Crippen molar-refractivity contribution < 1.29 is 9.59 Å². The van der Waals surface area contributed by atoms with Gasteiger partial charge in [-0.25, -0.2) is 0 Å². The first-order valence-electron chi connectivity index (χ1n) is 7.04. The molecule has 2 heterocycles. The molecule has 0 spiro atoms. The van der Waals surface area contributed by atoms with E-state index in [1.807, 2.05) is 26.8 Å². The molecule has 1 unspecified atom stereocenters. The van der Waals surface area contributed by atoms with Crippen LogP contribution in [0.4, 0.5) is 5.69 Å². The first kappa shape index (κ1) is 14.5. The molecule has 1 fully saturated rings. The van der Waals surface area contributed by atoms with Crippen molar-refractivity contribution in [1.82, 2.24) is 10.3 Å². The quantitative estimate of drug-likeness (QED) is 0.915. The third kappa shape index (κ3) is 2.07. The van der Waals surface area contributed by atoms with Gasteiger partial charge in [-0.2, -0.15) is 0 Å². The van der Waals surface area contributed by atoms with Gasteiger partial charge in [0.2, 0.25) is 5.91 Å². The van der Waals surface area contributed by atoms with Crippen LogP contribution >= 0.6 is 0 Å². The summed E-state index contributed by atoms with van der Waals surface area (Å²) in [6.45, 7) is 7.44. The molecule has 0 aromatic carbocycles. The SMILES string of the molecule is CCC1(CC)NC(=O)C(C)N(c2cccnc2C)C1=O. The molecule has 2 rings (SSSR count). The van der Waals surface area contributed by atoms with Gasteiger partial charge in [0.25, 0.3) is 5.91 Å². The zero-order valence-corrected chi connectivity index (χ0v) is 12.4. The highest BCUT2D eigenvalue weighted by molar-refractivity contribution is 6.10. The molecule has 1 aromatic rings. The molecule has 0 radical (unpaired) electrons. The van der Waals surface area contributed by atoms with Crippen molar-refractivity contribution in [1.29, 1.82) is 0 Å². The molecule has 5 heteroatoms. The van der Waals surface area contributed by atoms with Gasteiger partial charge in [0.05, 0.1) is 11.4 Å². The normalized spacial score (nSPS) is 21.8. The Kier molecular flexibility index (Phi) is 3.79. The van der Waals surface area contributed by atoms with Crippen molar-refractivity contribution in [2.75, 3.05) is 4.90 Å². The summed E-state index contributed by atoms with van der Waals surface area (Å²) in [6.07, 6.45) is 2.85. The number of pyridine rings is 1. The van der Waals surface area contributed by atoms with E-state index in [2.05, 4.69) is 10.3 Å². The van der Waals surface area contributed by atoms with Crippen molar-refractivity contribution >= 4 is 17.5 Å².